The smallest absolute Gasteiger partial charge is 0.252 e. The van der Waals surface area contributed by atoms with Gasteiger partial charge in [-0.25, -0.2) is 0 Å². The predicted octanol–water partition coefficient (Wildman–Crippen LogP) is 29.0. The lowest BCUT2D eigenvalue weighted by Crippen LogP contribution is -2.61. The molecule has 0 amide bonds. The molecule has 0 unspecified atom stereocenters. The zero-order valence-electron chi connectivity index (χ0n) is 69.6. The standard InChI is InChI=1S/C110H102BN3/c1-105(2,3)77-42-28-40-73(54-77)86-58-76(67-32-22-19-23-33-67)59-87(74-41-29-43-78(55-74)106(4,5)6)103(86)113-92-51-48-72(75-56-79(107(7,8)9)61-80(57-75)108(10,11)12)60-91(92)111-90-50-49-83(112-93-52-46-70-38-30-44-84-85-45-31-39-71-47-53-94(112)101(99(71)85)100(93)98(70)84)66-95(90)114(97-65-82(110(16,17)18)64-96(113)102(97)111)104-88(68-34-24-20-25-35-68)62-81(109(13,14)15)63-89(104)69-36-26-21-27-37-69/h19-66H,1-18H3. The molecule has 1 aromatic heterocycles. The van der Waals surface area contributed by atoms with E-state index in [-0.39, 0.29) is 39.2 Å². The first-order valence-electron chi connectivity index (χ1n) is 41.2. The summed E-state index contributed by atoms with van der Waals surface area (Å²) in [5.74, 6) is 0. The van der Waals surface area contributed by atoms with Crippen LogP contribution < -0.4 is 26.2 Å². The van der Waals surface area contributed by atoms with Gasteiger partial charge in [0.05, 0.1) is 22.4 Å². The topological polar surface area (TPSA) is 11.4 Å². The van der Waals surface area contributed by atoms with Gasteiger partial charge in [-0.15, -0.1) is 0 Å². The summed E-state index contributed by atoms with van der Waals surface area (Å²) in [4.78, 5) is 5.55. The molecular formula is C110H102BN3. The highest BCUT2D eigenvalue weighted by molar-refractivity contribution is 7.00. The highest BCUT2D eigenvalue weighted by atomic mass is 15.2. The van der Waals surface area contributed by atoms with Gasteiger partial charge in [0, 0.05) is 61.5 Å². The summed E-state index contributed by atoms with van der Waals surface area (Å²) in [7, 11) is 0. The maximum absolute atomic E-state index is 2.78. The number of hydrogen-bond donors (Lipinski definition) is 0. The monoisotopic (exact) mass is 1480 g/mol. The van der Waals surface area contributed by atoms with Crippen LogP contribution in [-0.2, 0) is 32.5 Å². The molecule has 114 heavy (non-hydrogen) atoms. The molecule has 17 aromatic rings. The second kappa shape index (κ2) is 25.9. The van der Waals surface area contributed by atoms with E-state index in [2.05, 4.69) is 430 Å². The number of nitrogens with zero attached hydrogens (tertiary/aromatic N) is 3. The van der Waals surface area contributed by atoms with Crippen LogP contribution in [0, 0.1) is 0 Å². The van der Waals surface area contributed by atoms with Crippen LogP contribution >= 0.6 is 0 Å². The Kier molecular flexibility index (Phi) is 16.5. The number of aromatic nitrogens is 1. The molecule has 4 heteroatoms. The van der Waals surface area contributed by atoms with Crippen molar-refractivity contribution >= 4 is 111 Å². The summed E-state index contributed by atoms with van der Waals surface area (Å²) in [5, 5.41) is 10.4. The van der Waals surface area contributed by atoms with Gasteiger partial charge in [0.1, 0.15) is 0 Å². The fourth-order valence-corrected chi connectivity index (χ4v) is 18.8. The van der Waals surface area contributed by atoms with Gasteiger partial charge in [-0.1, -0.05) is 349 Å². The Morgan fingerprint density at radius 3 is 1.09 bits per heavy atom. The number of benzene rings is 16. The Bertz CT molecular complexity index is 6430. The molecule has 2 aliphatic rings. The van der Waals surface area contributed by atoms with Gasteiger partial charge >= 0.3 is 0 Å². The van der Waals surface area contributed by atoms with E-state index in [1.54, 1.807) is 0 Å². The highest BCUT2D eigenvalue weighted by Crippen LogP contribution is 2.57. The molecule has 560 valence electrons. The number of rotatable bonds is 9. The molecule has 16 aromatic carbocycles. The van der Waals surface area contributed by atoms with E-state index in [4.69, 9.17) is 0 Å². The maximum Gasteiger partial charge on any atom is 0.252 e. The maximum atomic E-state index is 2.78. The Hall–Kier alpha value is -11.7. The first kappa shape index (κ1) is 72.5. The van der Waals surface area contributed by atoms with Crippen LogP contribution in [0.4, 0.5) is 34.1 Å². The second-order valence-corrected chi connectivity index (χ2v) is 39.0. The van der Waals surface area contributed by atoms with Crippen molar-refractivity contribution in [1.82, 2.24) is 4.57 Å². The van der Waals surface area contributed by atoms with E-state index < -0.39 is 0 Å². The van der Waals surface area contributed by atoms with Crippen LogP contribution in [0.25, 0.3) is 127 Å². The minimum atomic E-state index is -0.350. The summed E-state index contributed by atoms with van der Waals surface area (Å²) in [6, 6.07) is 114. The first-order chi connectivity index (χ1) is 54.3. The highest BCUT2D eigenvalue weighted by Gasteiger charge is 2.47. The lowest BCUT2D eigenvalue weighted by atomic mass is 9.33. The third-order valence-corrected chi connectivity index (χ3v) is 25.1. The number of hydrogen-bond acceptors (Lipinski definition) is 2. The van der Waals surface area contributed by atoms with Crippen molar-refractivity contribution in [2.75, 3.05) is 9.80 Å². The summed E-state index contributed by atoms with van der Waals surface area (Å²) >= 11 is 0. The van der Waals surface area contributed by atoms with E-state index in [1.165, 1.54) is 154 Å². The Morgan fingerprint density at radius 2 is 0.623 bits per heavy atom. The average Bonchev–Trinajstić information content (AvgIpc) is 1.27. The van der Waals surface area contributed by atoms with Crippen molar-refractivity contribution in [3.8, 4) is 72.4 Å². The molecule has 0 spiro atoms. The largest absolute Gasteiger partial charge is 0.310 e. The van der Waals surface area contributed by atoms with E-state index in [0.29, 0.717) is 0 Å². The molecule has 0 radical (unpaired) electrons. The fourth-order valence-electron chi connectivity index (χ4n) is 18.8. The van der Waals surface area contributed by atoms with E-state index >= 15 is 0 Å². The van der Waals surface area contributed by atoms with Gasteiger partial charge < -0.3 is 14.4 Å². The first-order valence-corrected chi connectivity index (χ1v) is 41.2. The Morgan fingerprint density at radius 1 is 0.228 bits per heavy atom. The minimum absolute atomic E-state index is 0.114. The number of fused-ring (bicyclic) bond motifs is 5. The Balaban J connectivity index is 1.01. The lowest BCUT2D eigenvalue weighted by Gasteiger charge is -2.47. The zero-order chi connectivity index (χ0) is 79.2. The zero-order valence-corrected chi connectivity index (χ0v) is 69.6. The molecule has 0 saturated heterocycles. The van der Waals surface area contributed by atoms with Gasteiger partial charge in [-0.2, -0.15) is 0 Å². The van der Waals surface area contributed by atoms with Gasteiger partial charge in [-0.3, -0.25) is 0 Å². The van der Waals surface area contributed by atoms with Gasteiger partial charge in [0.15, 0.2) is 0 Å². The molecule has 0 aliphatic carbocycles. The van der Waals surface area contributed by atoms with Crippen molar-refractivity contribution in [2.24, 2.45) is 0 Å². The average molecular weight is 1480 g/mol. The van der Waals surface area contributed by atoms with Crippen molar-refractivity contribution in [1.29, 1.82) is 0 Å². The van der Waals surface area contributed by atoms with Gasteiger partial charge in [0.2, 0.25) is 0 Å². The molecule has 0 saturated carbocycles. The van der Waals surface area contributed by atoms with E-state index in [1.807, 2.05) is 0 Å². The van der Waals surface area contributed by atoms with Crippen LogP contribution in [0.3, 0.4) is 0 Å². The third kappa shape index (κ3) is 11.9. The third-order valence-electron chi connectivity index (χ3n) is 25.1. The summed E-state index contributed by atoms with van der Waals surface area (Å²) < 4.78 is 2.61. The van der Waals surface area contributed by atoms with E-state index in [0.717, 1.165) is 56.4 Å². The van der Waals surface area contributed by atoms with Crippen LogP contribution in [0.15, 0.2) is 291 Å². The normalized spacial score (nSPS) is 13.5. The summed E-state index contributed by atoms with van der Waals surface area (Å²) in [6.45, 7) is 42.4. The van der Waals surface area contributed by atoms with Crippen LogP contribution in [0.1, 0.15) is 158 Å². The summed E-state index contributed by atoms with van der Waals surface area (Å²) in [6.07, 6.45) is 0. The van der Waals surface area contributed by atoms with Crippen LogP contribution in [0.5, 0.6) is 0 Å². The minimum Gasteiger partial charge on any atom is -0.310 e. The lowest BCUT2D eigenvalue weighted by molar-refractivity contribution is 0.569. The molecule has 0 bridgehead atoms. The molecule has 0 N–H and O–H groups in total. The van der Waals surface area contributed by atoms with Gasteiger partial charge in [-0.05, 0) is 226 Å². The van der Waals surface area contributed by atoms with Crippen molar-refractivity contribution < 1.29 is 0 Å². The second-order valence-electron chi connectivity index (χ2n) is 39.0. The predicted molar refractivity (Wildman–Crippen MR) is 495 cm³/mol. The van der Waals surface area contributed by atoms with Crippen LogP contribution in [-0.4, -0.2) is 11.3 Å². The molecule has 0 fully saturated rings. The van der Waals surface area contributed by atoms with Gasteiger partial charge in [0.25, 0.3) is 6.71 Å². The fraction of sp³-hybridized carbons (Fsp3) is 0.218. The quantitative estimate of drug-likeness (QED) is 0.0811. The molecule has 0 atom stereocenters. The Labute approximate surface area is 675 Å². The SMILES string of the molecule is CC(C)(C)c1cccc(-c2cc(-c3ccccc3)cc(-c3cccc(C(C)(C)C)c3)c2N2c3ccc(-c4cc(C(C)(C)C)cc(C(C)(C)C)c4)cc3B3c4ccc(-n5c6ccc7cccc8c9cccc%10ccc5c(c%109)c6c78)cc4N(c4c(-c5ccccc5)cc(C(C)(C)C)cc4-c4ccccc4)c4cc(C(C)(C)C)cc2c43)c1. The molecule has 19 rings (SSSR count). The van der Waals surface area contributed by atoms with Crippen LogP contribution in [0.2, 0.25) is 0 Å². The van der Waals surface area contributed by atoms with E-state index in [9.17, 15) is 0 Å². The van der Waals surface area contributed by atoms with Crippen molar-refractivity contribution in [3.05, 3.63) is 325 Å². The molecule has 2 aliphatic heterocycles. The summed E-state index contributed by atoms with van der Waals surface area (Å²) in [5.41, 5.74) is 35.0. The molecule has 3 nitrogen and oxygen atoms in total. The number of anilines is 6. The molecular weight excluding hydrogens is 1370 g/mol. The van der Waals surface area contributed by atoms with Crippen molar-refractivity contribution in [3.63, 3.8) is 0 Å². The molecule has 3 heterocycles. The van der Waals surface area contributed by atoms with Crippen molar-refractivity contribution in [2.45, 2.75) is 157 Å².